The number of hydrogen-bond acceptors (Lipinski definition) is 1. The van der Waals surface area contributed by atoms with Crippen LogP contribution in [-0.2, 0) is 0 Å². The molecule has 0 spiro atoms. The molecule has 2 unspecified atom stereocenters. The Bertz CT molecular complexity index is 144. The highest BCUT2D eigenvalue weighted by atomic mass is 14.9. The molecule has 0 bridgehead atoms. The zero-order valence-electron chi connectivity index (χ0n) is 9.53. The van der Waals surface area contributed by atoms with Crippen molar-refractivity contribution in [2.75, 3.05) is 13.1 Å². The van der Waals surface area contributed by atoms with Gasteiger partial charge in [0.2, 0.25) is 0 Å². The Morgan fingerprint density at radius 3 is 2.62 bits per heavy atom. The lowest BCUT2D eigenvalue weighted by molar-refractivity contribution is 0.381. The Balaban J connectivity index is 2.22. The van der Waals surface area contributed by atoms with Crippen LogP contribution in [0.3, 0.4) is 0 Å². The molecule has 0 saturated heterocycles. The molecule has 1 aliphatic rings. The maximum Gasteiger partial charge on any atom is -0.00151 e. The van der Waals surface area contributed by atoms with Gasteiger partial charge in [-0.3, -0.25) is 0 Å². The van der Waals surface area contributed by atoms with E-state index in [4.69, 9.17) is 0 Å². The van der Waals surface area contributed by atoms with Gasteiger partial charge >= 0.3 is 0 Å². The van der Waals surface area contributed by atoms with Crippen molar-refractivity contribution in [1.82, 2.24) is 5.32 Å². The van der Waals surface area contributed by atoms with Crippen LogP contribution in [0.5, 0.6) is 0 Å². The van der Waals surface area contributed by atoms with Crippen LogP contribution >= 0.6 is 0 Å². The molecule has 0 aromatic rings. The molecule has 1 rings (SSSR count). The van der Waals surface area contributed by atoms with E-state index in [9.17, 15) is 0 Å². The van der Waals surface area contributed by atoms with E-state index in [-0.39, 0.29) is 0 Å². The van der Waals surface area contributed by atoms with Crippen LogP contribution in [0.4, 0.5) is 0 Å². The quantitative estimate of drug-likeness (QED) is 0.639. The van der Waals surface area contributed by atoms with Gasteiger partial charge in [0.15, 0.2) is 0 Å². The average molecular weight is 183 g/mol. The summed E-state index contributed by atoms with van der Waals surface area (Å²) >= 11 is 0. The van der Waals surface area contributed by atoms with E-state index in [1.54, 1.807) is 0 Å². The first kappa shape index (κ1) is 11.0. The van der Waals surface area contributed by atoms with E-state index < -0.39 is 0 Å². The minimum Gasteiger partial charge on any atom is -0.317 e. The average Bonchev–Trinajstić information content (AvgIpc) is 2.86. The van der Waals surface area contributed by atoms with Gasteiger partial charge in [-0.2, -0.15) is 0 Å². The Morgan fingerprint density at radius 1 is 1.31 bits per heavy atom. The Labute approximate surface area is 83.3 Å². The van der Waals surface area contributed by atoms with Crippen molar-refractivity contribution in [3.05, 3.63) is 0 Å². The van der Waals surface area contributed by atoms with Crippen LogP contribution in [0.25, 0.3) is 0 Å². The Morgan fingerprint density at radius 2 is 2.08 bits per heavy atom. The first-order valence-corrected chi connectivity index (χ1v) is 5.99. The predicted molar refractivity (Wildman–Crippen MR) is 58.9 cm³/mol. The summed E-state index contributed by atoms with van der Waals surface area (Å²) < 4.78 is 0. The molecule has 1 N–H and O–H groups in total. The van der Waals surface area contributed by atoms with Gasteiger partial charge in [-0.15, -0.1) is 0 Å². The van der Waals surface area contributed by atoms with Gasteiger partial charge < -0.3 is 5.32 Å². The summed E-state index contributed by atoms with van der Waals surface area (Å²) in [4.78, 5) is 0. The second-order valence-corrected chi connectivity index (χ2v) is 4.53. The van der Waals surface area contributed by atoms with Gasteiger partial charge in [-0.1, -0.05) is 40.0 Å². The van der Waals surface area contributed by atoms with Crippen molar-refractivity contribution in [1.29, 1.82) is 0 Å². The molecule has 13 heavy (non-hydrogen) atoms. The fraction of sp³-hybridized carbons (Fsp3) is 1.00. The molecule has 0 aromatic carbocycles. The van der Waals surface area contributed by atoms with Crippen molar-refractivity contribution < 1.29 is 0 Å². The molecule has 1 fully saturated rings. The second-order valence-electron chi connectivity index (χ2n) is 4.53. The lowest BCUT2D eigenvalue weighted by Gasteiger charge is -2.14. The molecule has 1 saturated carbocycles. The normalized spacial score (nSPS) is 32.1. The minimum atomic E-state index is 0.748. The standard InChI is InChI=1S/C12H25N/c1-4-7-8-12(5-2)9-11(12)10-13-6-3/h11,13H,4-10H2,1-3H3. The third kappa shape index (κ3) is 2.70. The molecule has 2 atom stereocenters. The summed E-state index contributed by atoms with van der Waals surface area (Å²) in [6.45, 7) is 9.24. The van der Waals surface area contributed by atoms with Gasteiger partial charge in [-0.25, -0.2) is 0 Å². The van der Waals surface area contributed by atoms with E-state index in [2.05, 4.69) is 26.1 Å². The van der Waals surface area contributed by atoms with Crippen LogP contribution in [0.1, 0.15) is 52.9 Å². The summed E-state index contributed by atoms with van der Waals surface area (Å²) in [5.41, 5.74) is 0.748. The number of rotatable bonds is 7. The SMILES string of the molecule is CCCCC1(CC)CC1CNCC. The monoisotopic (exact) mass is 183 g/mol. The van der Waals surface area contributed by atoms with Crippen LogP contribution in [0.15, 0.2) is 0 Å². The summed E-state index contributed by atoms with van der Waals surface area (Å²) in [7, 11) is 0. The van der Waals surface area contributed by atoms with Crippen molar-refractivity contribution in [2.24, 2.45) is 11.3 Å². The molecule has 1 nitrogen and oxygen atoms in total. The molecule has 1 aliphatic carbocycles. The maximum absolute atomic E-state index is 3.48. The van der Waals surface area contributed by atoms with Crippen molar-refractivity contribution in [3.8, 4) is 0 Å². The fourth-order valence-corrected chi connectivity index (χ4v) is 2.48. The molecule has 0 heterocycles. The molecule has 0 radical (unpaired) electrons. The zero-order valence-corrected chi connectivity index (χ0v) is 9.53. The van der Waals surface area contributed by atoms with Crippen molar-refractivity contribution in [2.45, 2.75) is 52.9 Å². The Kier molecular flexibility index (Phi) is 4.24. The molecule has 0 amide bonds. The largest absolute Gasteiger partial charge is 0.317 e. The van der Waals surface area contributed by atoms with Crippen LogP contribution in [-0.4, -0.2) is 13.1 Å². The molecular formula is C12H25N. The summed E-state index contributed by atoms with van der Waals surface area (Å²) in [5, 5.41) is 3.48. The number of nitrogens with one attached hydrogen (secondary N) is 1. The molecule has 78 valence electrons. The van der Waals surface area contributed by atoms with Crippen molar-refractivity contribution >= 4 is 0 Å². The van der Waals surface area contributed by atoms with E-state index in [0.717, 1.165) is 17.9 Å². The lowest BCUT2D eigenvalue weighted by Crippen LogP contribution is -2.19. The molecule has 0 aliphatic heterocycles. The first-order valence-electron chi connectivity index (χ1n) is 5.99. The van der Waals surface area contributed by atoms with E-state index >= 15 is 0 Å². The van der Waals surface area contributed by atoms with Gasteiger partial charge in [-0.05, 0) is 37.3 Å². The van der Waals surface area contributed by atoms with Crippen molar-refractivity contribution in [3.63, 3.8) is 0 Å². The number of hydrogen-bond donors (Lipinski definition) is 1. The fourth-order valence-electron chi connectivity index (χ4n) is 2.48. The van der Waals surface area contributed by atoms with Gasteiger partial charge in [0.05, 0.1) is 0 Å². The lowest BCUT2D eigenvalue weighted by atomic mass is 9.93. The first-order chi connectivity index (χ1) is 6.29. The van der Waals surface area contributed by atoms with E-state index in [0.29, 0.717) is 0 Å². The zero-order chi connectivity index (χ0) is 9.73. The van der Waals surface area contributed by atoms with Crippen LogP contribution in [0.2, 0.25) is 0 Å². The third-order valence-electron chi connectivity index (χ3n) is 3.73. The topological polar surface area (TPSA) is 12.0 Å². The molecular weight excluding hydrogens is 158 g/mol. The number of unbranched alkanes of at least 4 members (excludes halogenated alkanes) is 1. The summed E-state index contributed by atoms with van der Waals surface area (Å²) in [6, 6.07) is 0. The van der Waals surface area contributed by atoms with Gasteiger partial charge in [0, 0.05) is 0 Å². The van der Waals surface area contributed by atoms with E-state index in [1.807, 2.05) is 0 Å². The summed E-state index contributed by atoms with van der Waals surface area (Å²) in [5.74, 6) is 0.990. The van der Waals surface area contributed by atoms with Gasteiger partial charge in [0.25, 0.3) is 0 Å². The predicted octanol–water partition coefficient (Wildman–Crippen LogP) is 3.20. The van der Waals surface area contributed by atoms with Crippen LogP contribution in [0, 0.1) is 11.3 Å². The molecule has 0 aromatic heterocycles. The highest BCUT2D eigenvalue weighted by Gasteiger charge is 2.50. The highest BCUT2D eigenvalue weighted by Crippen LogP contribution is 2.58. The minimum absolute atomic E-state index is 0.748. The molecule has 1 heteroatoms. The second kappa shape index (κ2) is 4.99. The van der Waals surface area contributed by atoms with Crippen LogP contribution < -0.4 is 5.32 Å². The highest BCUT2D eigenvalue weighted by molar-refractivity contribution is 5.01. The summed E-state index contributed by atoms with van der Waals surface area (Å²) in [6.07, 6.45) is 7.13. The smallest absolute Gasteiger partial charge is 0.00151 e. The maximum atomic E-state index is 3.48. The Hall–Kier alpha value is -0.0400. The third-order valence-corrected chi connectivity index (χ3v) is 3.73. The van der Waals surface area contributed by atoms with E-state index in [1.165, 1.54) is 38.6 Å². The van der Waals surface area contributed by atoms with Gasteiger partial charge in [0.1, 0.15) is 0 Å².